The quantitative estimate of drug-likeness (QED) is 0.603. The fourth-order valence-corrected chi connectivity index (χ4v) is 4.52. The highest BCUT2D eigenvalue weighted by molar-refractivity contribution is 7.03. The first-order chi connectivity index (χ1) is 15.5. The third-order valence-corrected chi connectivity index (χ3v) is 6.50. The van der Waals surface area contributed by atoms with Gasteiger partial charge in [0.2, 0.25) is 5.91 Å². The van der Waals surface area contributed by atoms with Crippen molar-refractivity contribution in [3.05, 3.63) is 70.5 Å². The second kappa shape index (κ2) is 9.99. The average Bonchev–Trinajstić information content (AvgIpc) is 3.35. The van der Waals surface area contributed by atoms with Crippen molar-refractivity contribution in [2.24, 2.45) is 0 Å². The largest absolute Gasteiger partial charge is 0.351 e. The van der Waals surface area contributed by atoms with E-state index < -0.39 is 6.04 Å². The maximum Gasteiger partial charge on any atom is 0.280 e. The van der Waals surface area contributed by atoms with Gasteiger partial charge in [0.1, 0.15) is 0 Å². The van der Waals surface area contributed by atoms with E-state index in [-0.39, 0.29) is 23.6 Å². The molecule has 0 spiro atoms. The molecule has 1 aromatic carbocycles. The maximum atomic E-state index is 13.7. The van der Waals surface area contributed by atoms with Gasteiger partial charge in [-0.15, -0.1) is 5.10 Å². The molecule has 1 unspecified atom stereocenters. The Kier molecular flexibility index (Phi) is 6.90. The number of hydrogen-bond acceptors (Lipinski definition) is 6. The van der Waals surface area contributed by atoms with Gasteiger partial charge in [0.05, 0.1) is 5.69 Å². The standard InChI is InChI=1S/C24H27N5O2S/c1-16-11-12-19(14-17(16)2)29(24(31)21-15-32-28-27-21)22(20-10-6-7-13-25-20)23(30)26-18-8-4-3-5-9-18/h6-7,10-15,18,22H,3-5,8-9H2,1-2H3,(H,26,30). The van der Waals surface area contributed by atoms with Crippen LogP contribution in [0.25, 0.3) is 0 Å². The highest BCUT2D eigenvalue weighted by Crippen LogP contribution is 2.31. The van der Waals surface area contributed by atoms with E-state index >= 15 is 0 Å². The Hall–Kier alpha value is -3.13. The Morgan fingerprint density at radius 3 is 2.56 bits per heavy atom. The Morgan fingerprint density at radius 2 is 1.91 bits per heavy atom. The highest BCUT2D eigenvalue weighted by atomic mass is 32.1. The van der Waals surface area contributed by atoms with E-state index in [0.717, 1.165) is 48.3 Å². The van der Waals surface area contributed by atoms with E-state index in [1.807, 2.05) is 38.1 Å². The van der Waals surface area contributed by atoms with Crippen molar-refractivity contribution < 1.29 is 9.59 Å². The molecule has 0 aliphatic heterocycles. The number of anilines is 1. The number of pyridine rings is 1. The van der Waals surface area contributed by atoms with Crippen molar-refractivity contribution in [3.63, 3.8) is 0 Å². The lowest BCUT2D eigenvalue weighted by Gasteiger charge is -2.32. The van der Waals surface area contributed by atoms with Crippen molar-refractivity contribution in [3.8, 4) is 0 Å². The molecule has 7 nitrogen and oxygen atoms in total. The molecule has 2 aromatic heterocycles. The molecule has 0 saturated heterocycles. The summed E-state index contributed by atoms with van der Waals surface area (Å²) < 4.78 is 3.85. The molecule has 1 aliphatic carbocycles. The number of benzene rings is 1. The minimum absolute atomic E-state index is 0.111. The van der Waals surface area contributed by atoms with E-state index in [2.05, 4.69) is 19.9 Å². The number of amides is 2. The van der Waals surface area contributed by atoms with Crippen LogP contribution in [0.5, 0.6) is 0 Å². The van der Waals surface area contributed by atoms with Crippen LogP contribution in [-0.4, -0.2) is 32.4 Å². The Bertz CT molecular complexity index is 1070. The van der Waals surface area contributed by atoms with Gasteiger partial charge in [-0.25, -0.2) is 0 Å². The molecule has 166 valence electrons. The van der Waals surface area contributed by atoms with Crippen LogP contribution in [-0.2, 0) is 4.79 Å². The fourth-order valence-electron chi connectivity index (χ4n) is 4.09. The zero-order valence-corrected chi connectivity index (χ0v) is 19.1. The lowest BCUT2D eigenvalue weighted by atomic mass is 9.95. The van der Waals surface area contributed by atoms with E-state index in [4.69, 9.17) is 0 Å². The van der Waals surface area contributed by atoms with E-state index in [1.54, 1.807) is 23.7 Å². The number of aromatic nitrogens is 3. The number of carbonyl (C=O) groups excluding carboxylic acids is 2. The second-order valence-corrected chi connectivity index (χ2v) is 8.84. The molecular formula is C24H27N5O2S. The monoisotopic (exact) mass is 449 g/mol. The summed E-state index contributed by atoms with van der Waals surface area (Å²) in [4.78, 5) is 33.3. The molecular weight excluding hydrogens is 422 g/mol. The topological polar surface area (TPSA) is 88.1 Å². The molecule has 1 N–H and O–H groups in total. The van der Waals surface area contributed by atoms with Crippen LogP contribution in [0.4, 0.5) is 5.69 Å². The molecule has 0 radical (unpaired) electrons. The predicted octanol–water partition coefficient (Wildman–Crippen LogP) is 4.39. The Labute approximate surface area is 192 Å². The summed E-state index contributed by atoms with van der Waals surface area (Å²) in [7, 11) is 0. The summed E-state index contributed by atoms with van der Waals surface area (Å²) >= 11 is 1.11. The summed E-state index contributed by atoms with van der Waals surface area (Å²) in [6, 6.07) is 10.4. The molecule has 0 bridgehead atoms. The van der Waals surface area contributed by atoms with E-state index in [0.29, 0.717) is 11.4 Å². The molecule has 1 atom stereocenters. The first-order valence-corrected chi connectivity index (χ1v) is 11.8. The molecule has 2 amide bonds. The van der Waals surface area contributed by atoms with Crippen LogP contribution < -0.4 is 10.2 Å². The number of rotatable bonds is 6. The number of nitrogens with one attached hydrogen (secondary N) is 1. The van der Waals surface area contributed by atoms with Gasteiger partial charge in [-0.05, 0) is 73.6 Å². The molecule has 8 heteroatoms. The van der Waals surface area contributed by atoms with E-state index in [1.165, 1.54) is 11.3 Å². The van der Waals surface area contributed by atoms with Crippen LogP contribution >= 0.6 is 11.5 Å². The highest BCUT2D eigenvalue weighted by Gasteiger charge is 2.36. The third kappa shape index (κ3) is 4.85. The smallest absolute Gasteiger partial charge is 0.280 e. The molecule has 3 aromatic rings. The van der Waals surface area contributed by atoms with Crippen LogP contribution in [0.15, 0.2) is 48.0 Å². The fraction of sp³-hybridized carbons (Fsp3) is 0.375. The summed E-state index contributed by atoms with van der Waals surface area (Å²) in [6.45, 7) is 4.01. The summed E-state index contributed by atoms with van der Waals surface area (Å²) in [5, 5.41) is 8.77. The molecule has 1 aliphatic rings. The van der Waals surface area contributed by atoms with Gasteiger partial charge in [0.15, 0.2) is 11.7 Å². The maximum absolute atomic E-state index is 13.7. The van der Waals surface area contributed by atoms with Crippen molar-refractivity contribution in [1.29, 1.82) is 0 Å². The zero-order chi connectivity index (χ0) is 22.5. The van der Waals surface area contributed by atoms with Gasteiger partial charge < -0.3 is 5.32 Å². The zero-order valence-electron chi connectivity index (χ0n) is 18.3. The number of nitrogens with zero attached hydrogens (tertiary/aromatic N) is 4. The van der Waals surface area contributed by atoms with Crippen molar-refractivity contribution >= 4 is 29.0 Å². The molecule has 2 heterocycles. The van der Waals surface area contributed by atoms with Gasteiger partial charge in [0, 0.05) is 23.3 Å². The molecule has 4 rings (SSSR count). The summed E-state index contributed by atoms with van der Waals surface area (Å²) in [5.41, 5.74) is 3.48. The van der Waals surface area contributed by atoms with Crippen LogP contribution in [0.1, 0.15) is 65.5 Å². The van der Waals surface area contributed by atoms with Crippen LogP contribution in [0.3, 0.4) is 0 Å². The minimum Gasteiger partial charge on any atom is -0.351 e. The summed E-state index contributed by atoms with van der Waals surface area (Å²) in [5.74, 6) is -0.609. The van der Waals surface area contributed by atoms with Crippen molar-refractivity contribution in [2.45, 2.75) is 58.0 Å². The SMILES string of the molecule is Cc1ccc(N(C(=O)c2csnn2)C(C(=O)NC2CCCCC2)c2ccccn2)cc1C. The Morgan fingerprint density at radius 1 is 1.09 bits per heavy atom. The molecule has 1 saturated carbocycles. The Balaban J connectivity index is 1.79. The van der Waals surface area contributed by atoms with Gasteiger partial charge in [-0.2, -0.15) is 0 Å². The number of hydrogen-bond donors (Lipinski definition) is 1. The first-order valence-electron chi connectivity index (χ1n) is 10.9. The average molecular weight is 450 g/mol. The second-order valence-electron chi connectivity index (χ2n) is 8.23. The molecule has 32 heavy (non-hydrogen) atoms. The lowest BCUT2D eigenvalue weighted by Crippen LogP contribution is -2.47. The normalized spacial score (nSPS) is 15.2. The first kappa shape index (κ1) is 22.1. The van der Waals surface area contributed by atoms with Gasteiger partial charge in [0.25, 0.3) is 5.91 Å². The van der Waals surface area contributed by atoms with Crippen molar-refractivity contribution in [1.82, 2.24) is 19.9 Å². The van der Waals surface area contributed by atoms with Crippen LogP contribution in [0.2, 0.25) is 0 Å². The van der Waals surface area contributed by atoms with Gasteiger partial charge in [-0.1, -0.05) is 35.9 Å². The summed E-state index contributed by atoms with van der Waals surface area (Å²) in [6.07, 6.45) is 6.94. The molecule has 1 fully saturated rings. The minimum atomic E-state index is -0.922. The lowest BCUT2D eigenvalue weighted by molar-refractivity contribution is -0.123. The van der Waals surface area contributed by atoms with Gasteiger partial charge >= 0.3 is 0 Å². The van der Waals surface area contributed by atoms with Crippen molar-refractivity contribution in [2.75, 3.05) is 4.90 Å². The predicted molar refractivity (Wildman–Crippen MR) is 125 cm³/mol. The van der Waals surface area contributed by atoms with E-state index in [9.17, 15) is 9.59 Å². The van der Waals surface area contributed by atoms with Gasteiger partial charge in [-0.3, -0.25) is 19.5 Å². The van der Waals surface area contributed by atoms with Crippen LogP contribution in [0, 0.1) is 13.8 Å². The number of aryl methyl sites for hydroxylation is 2. The third-order valence-electron chi connectivity index (χ3n) is 5.99. The number of carbonyl (C=O) groups is 2.